The maximum absolute atomic E-state index is 12.1. The number of hydrogen-bond acceptors (Lipinski definition) is 2. The minimum Gasteiger partial charge on any atom is -0.466 e. The maximum atomic E-state index is 12.1. The second-order valence-corrected chi connectivity index (χ2v) is 5.49. The zero-order chi connectivity index (χ0) is 12.6. The number of ether oxygens (including phenoxy) is 1. The first kappa shape index (κ1) is 11.8. The fourth-order valence-corrected chi connectivity index (χ4v) is 3.96. The van der Waals surface area contributed by atoms with Crippen molar-refractivity contribution in [2.24, 2.45) is 11.8 Å². The number of benzene rings is 1. The van der Waals surface area contributed by atoms with Crippen molar-refractivity contribution in [3.8, 4) is 0 Å². The molecule has 0 unspecified atom stereocenters. The SMILES string of the molecule is CCOC(=O)[C@@H]1[C@@H]2CCCC[C@]12c1ccccc1. The number of hydrogen-bond donors (Lipinski definition) is 0. The van der Waals surface area contributed by atoms with Gasteiger partial charge in [-0.25, -0.2) is 0 Å². The standard InChI is InChI=1S/C16H20O2/c1-2-18-15(17)14-13-10-6-7-11-16(13,14)12-8-4-3-5-9-12/h3-5,8-9,13-14H,2,6-7,10-11H2,1H3/t13-,14-,16+/m0/s1. The van der Waals surface area contributed by atoms with E-state index < -0.39 is 0 Å². The molecular weight excluding hydrogens is 224 g/mol. The van der Waals surface area contributed by atoms with Crippen LogP contribution in [0.25, 0.3) is 0 Å². The summed E-state index contributed by atoms with van der Waals surface area (Å²) in [6.07, 6.45) is 4.82. The average molecular weight is 244 g/mol. The summed E-state index contributed by atoms with van der Waals surface area (Å²) >= 11 is 0. The third-order valence-electron chi connectivity index (χ3n) is 4.72. The van der Waals surface area contributed by atoms with E-state index in [-0.39, 0.29) is 17.3 Å². The molecule has 3 rings (SSSR count). The van der Waals surface area contributed by atoms with Crippen LogP contribution in [0.15, 0.2) is 30.3 Å². The molecule has 2 aliphatic carbocycles. The highest BCUT2D eigenvalue weighted by molar-refractivity contribution is 5.80. The van der Waals surface area contributed by atoms with Gasteiger partial charge in [0, 0.05) is 5.41 Å². The molecule has 2 heteroatoms. The van der Waals surface area contributed by atoms with Gasteiger partial charge in [0.2, 0.25) is 0 Å². The fraction of sp³-hybridized carbons (Fsp3) is 0.562. The van der Waals surface area contributed by atoms with Crippen LogP contribution < -0.4 is 0 Å². The van der Waals surface area contributed by atoms with Crippen LogP contribution in [0.4, 0.5) is 0 Å². The van der Waals surface area contributed by atoms with Gasteiger partial charge in [0.25, 0.3) is 0 Å². The van der Waals surface area contributed by atoms with Crippen molar-refractivity contribution in [3.05, 3.63) is 35.9 Å². The van der Waals surface area contributed by atoms with E-state index in [2.05, 4.69) is 24.3 Å². The molecule has 0 heterocycles. The molecule has 0 spiro atoms. The van der Waals surface area contributed by atoms with Gasteiger partial charge >= 0.3 is 5.97 Å². The van der Waals surface area contributed by atoms with Gasteiger partial charge < -0.3 is 4.74 Å². The van der Waals surface area contributed by atoms with Crippen LogP contribution in [0.5, 0.6) is 0 Å². The molecule has 0 radical (unpaired) electrons. The summed E-state index contributed by atoms with van der Waals surface area (Å²) in [5, 5.41) is 0. The van der Waals surface area contributed by atoms with Gasteiger partial charge in [-0.3, -0.25) is 4.79 Å². The molecule has 0 saturated heterocycles. The third-order valence-corrected chi connectivity index (χ3v) is 4.72. The lowest BCUT2D eigenvalue weighted by Crippen LogP contribution is -2.18. The van der Waals surface area contributed by atoms with E-state index in [4.69, 9.17) is 4.74 Å². The van der Waals surface area contributed by atoms with Crippen molar-refractivity contribution in [2.45, 2.75) is 38.0 Å². The van der Waals surface area contributed by atoms with Gasteiger partial charge in [0.15, 0.2) is 0 Å². The summed E-state index contributed by atoms with van der Waals surface area (Å²) in [5.41, 5.74) is 1.44. The first-order valence-electron chi connectivity index (χ1n) is 7.03. The first-order valence-corrected chi connectivity index (χ1v) is 7.03. The van der Waals surface area contributed by atoms with Gasteiger partial charge in [0.1, 0.15) is 0 Å². The number of fused-ring (bicyclic) bond motifs is 1. The van der Waals surface area contributed by atoms with Gasteiger partial charge in [-0.2, -0.15) is 0 Å². The Morgan fingerprint density at radius 1 is 1.33 bits per heavy atom. The summed E-state index contributed by atoms with van der Waals surface area (Å²) < 4.78 is 5.27. The second kappa shape index (κ2) is 4.42. The van der Waals surface area contributed by atoms with Crippen LogP contribution in [-0.2, 0) is 14.9 Å². The van der Waals surface area contributed by atoms with Gasteiger partial charge in [-0.1, -0.05) is 43.2 Å². The number of rotatable bonds is 3. The van der Waals surface area contributed by atoms with E-state index >= 15 is 0 Å². The monoisotopic (exact) mass is 244 g/mol. The molecule has 0 bridgehead atoms. The quantitative estimate of drug-likeness (QED) is 0.762. The Labute approximate surface area is 108 Å². The Morgan fingerprint density at radius 2 is 2.11 bits per heavy atom. The average Bonchev–Trinajstić information content (AvgIpc) is 3.10. The Kier molecular flexibility index (Phi) is 2.89. The van der Waals surface area contributed by atoms with Crippen LogP contribution >= 0.6 is 0 Å². The molecule has 2 fully saturated rings. The molecule has 2 saturated carbocycles. The topological polar surface area (TPSA) is 26.3 Å². The molecular formula is C16H20O2. The van der Waals surface area contributed by atoms with Gasteiger partial charge in [-0.15, -0.1) is 0 Å². The van der Waals surface area contributed by atoms with Crippen molar-refractivity contribution in [2.75, 3.05) is 6.61 Å². The lowest BCUT2D eigenvalue weighted by Gasteiger charge is -2.22. The zero-order valence-corrected chi connectivity index (χ0v) is 10.9. The summed E-state index contributed by atoms with van der Waals surface area (Å²) in [6.45, 7) is 2.38. The van der Waals surface area contributed by atoms with Crippen LogP contribution in [0.3, 0.4) is 0 Å². The predicted octanol–water partition coefficient (Wildman–Crippen LogP) is 3.31. The highest BCUT2D eigenvalue weighted by Crippen LogP contribution is 2.67. The van der Waals surface area contributed by atoms with E-state index in [1.165, 1.54) is 24.8 Å². The van der Waals surface area contributed by atoms with Crippen LogP contribution in [0.1, 0.15) is 38.2 Å². The largest absolute Gasteiger partial charge is 0.466 e. The van der Waals surface area contributed by atoms with Crippen molar-refractivity contribution in [1.82, 2.24) is 0 Å². The van der Waals surface area contributed by atoms with Crippen molar-refractivity contribution in [3.63, 3.8) is 0 Å². The summed E-state index contributed by atoms with van der Waals surface area (Å²) in [7, 11) is 0. The molecule has 3 atom stereocenters. The number of esters is 1. The molecule has 2 nitrogen and oxygen atoms in total. The normalized spacial score (nSPS) is 33.6. The Morgan fingerprint density at radius 3 is 2.83 bits per heavy atom. The Balaban J connectivity index is 1.91. The number of carbonyl (C=O) groups excluding carboxylic acids is 1. The van der Waals surface area contributed by atoms with E-state index in [0.29, 0.717) is 12.5 Å². The summed E-state index contributed by atoms with van der Waals surface area (Å²) in [6, 6.07) is 10.6. The van der Waals surface area contributed by atoms with Crippen LogP contribution in [-0.4, -0.2) is 12.6 Å². The molecule has 1 aromatic rings. The molecule has 2 aliphatic rings. The van der Waals surface area contributed by atoms with Gasteiger partial charge in [-0.05, 0) is 31.2 Å². The second-order valence-electron chi connectivity index (χ2n) is 5.49. The predicted molar refractivity (Wildman–Crippen MR) is 70.2 cm³/mol. The fourth-order valence-electron chi connectivity index (χ4n) is 3.96. The first-order chi connectivity index (χ1) is 8.80. The molecule has 1 aromatic carbocycles. The smallest absolute Gasteiger partial charge is 0.310 e. The van der Waals surface area contributed by atoms with Crippen LogP contribution in [0.2, 0.25) is 0 Å². The molecule has 96 valence electrons. The molecule has 0 N–H and O–H groups in total. The summed E-state index contributed by atoms with van der Waals surface area (Å²) in [5.74, 6) is 0.656. The molecule has 0 aromatic heterocycles. The molecule has 0 amide bonds. The van der Waals surface area contributed by atoms with Gasteiger partial charge in [0.05, 0.1) is 12.5 Å². The summed E-state index contributed by atoms with van der Waals surface area (Å²) in [4.78, 5) is 12.1. The van der Waals surface area contributed by atoms with Crippen molar-refractivity contribution >= 4 is 5.97 Å². The minimum absolute atomic E-state index is 0.0215. The van der Waals surface area contributed by atoms with E-state index in [0.717, 1.165) is 6.42 Å². The van der Waals surface area contributed by atoms with E-state index in [1.807, 2.05) is 13.0 Å². The lowest BCUT2D eigenvalue weighted by molar-refractivity contribution is -0.145. The Bertz CT molecular complexity index is 440. The molecule has 18 heavy (non-hydrogen) atoms. The third kappa shape index (κ3) is 1.58. The van der Waals surface area contributed by atoms with Crippen molar-refractivity contribution < 1.29 is 9.53 Å². The van der Waals surface area contributed by atoms with Crippen LogP contribution in [0, 0.1) is 11.8 Å². The highest BCUT2D eigenvalue weighted by atomic mass is 16.5. The molecule has 0 aliphatic heterocycles. The highest BCUT2D eigenvalue weighted by Gasteiger charge is 2.69. The van der Waals surface area contributed by atoms with Crippen molar-refractivity contribution in [1.29, 1.82) is 0 Å². The number of carbonyl (C=O) groups is 1. The minimum atomic E-state index is 0.0215. The van der Waals surface area contributed by atoms with E-state index in [9.17, 15) is 4.79 Å². The van der Waals surface area contributed by atoms with E-state index in [1.54, 1.807) is 0 Å². The zero-order valence-electron chi connectivity index (χ0n) is 10.9. The lowest BCUT2D eigenvalue weighted by atomic mass is 9.82. The Hall–Kier alpha value is -1.31. The maximum Gasteiger partial charge on any atom is 0.310 e.